The van der Waals surface area contributed by atoms with E-state index < -0.39 is 0 Å². The second-order valence-electron chi connectivity index (χ2n) is 4.18. The minimum atomic E-state index is -0.300. The molecule has 1 fully saturated rings. The number of nitrogens with one attached hydrogen (secondary N) is 1. The lowest BCUT2D eigenvalue weighted by Crippen LogP contribution is -2.30. The van der Waals surface area contributed by atoms with Gasteiger partial charge in [0.25, 0.3) is 0 Å². The highest BCUT2D eigenvalue weighted by atomic mass is 16.5. The number of carbonyl (C=O) groups is 2. The Kier molecular flexibility index (Phi) is 3.82. The molecule has 1 aromatic carbocycles. The fraction of sp³-hybridized carbons (Fsp3) is 0.385. The predicted octanol–water partition coefficient (Wildman–Crippen LogP) is 1.32. The van der Waals surface area contributed by atoms with E-state index in [9.17, 15) is 9.59 Å². The Morgan fingerprint density at radius 3 is 2.83 bits per heavy atom. The molecule has 5 heteroatoms. The second-order valence-corrected chi connectivity index (χ2v) is 4.18. The predicted molar refractivity (Wildman–Crippen MR) is 65.9 cm³/mol. The van der Waals surface area contributed by atoms with Crippen molar-refractivity contribution in [2.24, 2.45) is 0 Å². The number of urea groups is 1. The zero-order valence-electron chi connectivity index (χ0n) is 10.3. The summed E-state index contributed by atoms with van der Waals surface area (Å²) in [7, 11) is 1.35. The molecule has 5 nitrogen and oxygen atoms in total. The zero-order chi connectivity index (χ0) is 13.0. The van der Waals surface area contributed by atoms with Crippen LogP contribution in [-0.2, 0) is 9.53 Å². The van der Waals surface area contributed by atoms with E-state index in [1.165, 1.54) is 7.11 Å². The van der Waals surface area contributed by atoms with Crippen molar-refractivity contribution >= 4 is 12.0 Å². The highest BCUT2D eigenvalue weighted by Gasteiger charge is 2.29. The molecule has 1 aliphatic heterocycles. The summed E-state index contributed by atoms with van der Waals surface area (Å²) >= 11 is 0. The largest absolute Gasteiger partial charge is 0.469 e. The molecule has 1 aromatic rings. The number of ether oxygens (including phenoxy) is 1. The van der Waals surface area contributed by atoms with Crippen molar-refractivity contribution < 1.29 is 14.3 Å². The van der Waals surface area contributed by atoms with Crippen LogP contribution in [0.25, 0.3) is 0 Å². The molecule has 2 rings (SSSR count). The number of rotatable bonds is 4. The van der Waals surface area contributed by atoms with Crippen LogP contribution < -0.4 is 5.32 Å². The Morgan fingerprint density at radius 1 is 1.44 bits per heavy atom. The number of hydrogen-bond donors (Lipinski definition) is 1. The molecule has 1 saturated heterocycles. The maximum Gasteiger partial charge on any atom is 0.318 e. The summed E-state index contributed by atoms with van der Waals surface area (Å²) < 4.78 is 4.56. The number of hydrogen-bond acceptors (Lipinski definition) is 3. The van der Waals surface area contributed by atoms with E-state index in [0.717, 1.165) is 5.56 Å². The van der Waals surface area contributed by atoms with Crippen molar-refractivity contribution in [3.63, 3.8) is 0 Å². The third kappa shape index (κ3) is 2.80. The summed E-state index contributed by atoms with van der Waals surface area (Å²) in [6, 6.07) is 9.65. The third-order valence-corrected chi connectivity index (χ3v) is 3.00. The maximum atomic E-state index is 11.7. The SMILES string of the molecule is COC(=O)CCN1CC(c2ccccc2)NC1=O. The molecular formula is C13H16N2O3. The number of nitrogens with zero attached hydrogens (tertiary/aromatic N) is 1. The molecule has 0 saturated carbocycles. The number of amides is 2. The molecule has 1 heterocycles. The average Bonchev–Trinajstić information content (AvgIpc) is 2.78. The quantitative estimate of drug-likeness (QED) is 0.817. The summed E-state index contributed by atoms with van der Waals surface area (Å²) in [4.78, 5) is 24.4. The lowest BCUT2D eigenvalue weighted by atomic mass is 10.1. The Hall–Kier alpha value is -2.04. The highest BCUT2D eigenvalue weighted by Crippen LogP contribution is 2.19. The fourth-order valence-electron chi connectivity index (χ4n) is 1.98. The zero-order valence-corrected chi connectivity index (χ0v) is 10.3. The summed E-state index contributed by atoms with van der Waals surface area (Å²) in [5.41, 5.74) is 1.08. The number of methoxy groups -OCH3 is 1. The molecule has 1 atom stereocenters. The van der Waals surface area contributed by atoms with Gasteiger partial charge in [0.05, 0.1) is 19.6 Å². The molecule has 1 unspecified atom stereocenters. The summed E-state index contributed by atoms with van der Waals surface area (Å²) in [6.07, 6.45) is 0.228. The molecule has 18 heavy (non-hydrogen) atoms. The number of esters is 1. The summed E-state index contributed by atoms with van der Waals surface area (Å²) in [5, 5.41) is 2.90. The van der Waals surface area contributed by atoms with Crippen LogP contribution in [0.2, 0.25) is 0 Å². The van der Waals surface area contributed by atoms with Gasteiger partial charge < -0.3 is 15.0 Å². The van der Waals surface area contributed by atoms with Crippen LogP contribution in [0.15, 0.2) is 30.3 Å². The van der Waals surface area contributed by atoms with Crippen LogP contribution >= 0.6 is 0 Å². The third-order valence-electron chi connectivity index (χ3n) is 3.00. The van der Waals surface area contributed by atoms with Gasteiger partial charge in [-0.05, 0) is 5.56 Å². The van der Waals surface area contributed by atoms with Crippen LogP contribution in [0, 0.1) is 0 Å². The van der Waals surface area contributed by atoms with E-state index in [1.807, 2.05) is 30.3 Å². The Morgan fingerprint density at radius 2 is 2.17 bits per heavy atom. The maximum absolute atomic E-state index is 11.7. The monoisotopic (exact) mass is 248 g/mol. The second kappa shape index (κ2) is 5.53. The van der Waals surface area contributed by atoms with Gasteiger partial charge in [0.15, 0.2) is 0 Å². The van der Waals surface area contributed by atoms with E-state index in [2.05, 4.69) is 10.1 Å². The van der Waals surface area contributed by atoms with E-state index in [0.29, 0.717) is 13.1 Å². The molecule has 96 valence electrons. The lowest BCUT2D eigenvalue weighted by Gasteiger charge is -2.13. The van der Waals surface area contributed by atoms with Gasteiger partial charge in [0, 0.05) is 13.1 Å². The molecule has 2 amide bonds. The normalized spacial score (nSPS) is 18.6. The van der Waals surface area contributed by atoms with Crippen LogP contribution in [-0.4, -0.2) is 37.1 Å². The Bertz CT molecular complexity index is 433. The Balaban J connectivity index is 1.93. The Labute approximate surface area is 106 Å². The van der Waals surface area contributed by atoms with Gasteiger partial charge >= 0.3 is 12.0 Å². The minimum Gasteiger partial charge on any atom is -0.469 e. The molecule has 0 aromatic heterocycles. The smallest absolute Gasteiger partial charge is 0.318 e. The first kappa shape index (κ1) is 12.4. The van der Waals surface area contributed by atoms with Crippen molar-refractivity contribution in [2.45, 2.75) is 12.5 Å². The molecule has 0 radical (unpaired) electrons. The lowest BCUT2D eigenvalue weighted by molar-refractivity contribution is -0.140. The first-order valence-electron chi connectivity index (χ1n) is 5.88. The summed E-state index contributed by atoms with van der Waals surface area (Å²) in [5.74, 6) is -0.300. The minimum absolute atomic E-state index is 0.00338. The van der Waals surface area contributed by atoms with Gasteiger partial charge in [-0.3, -0.25) is 4.79 Å². The van der Waals surface area contributed by atoms with Gasteiger partial charge in [0.1, 0.15) is 0 Å². The average molecular weight is 248 g/mol. The van der Waals surface area contributed by atoms with E-state index in [4.69, 9.17) is 0 Å². The summed E-state index contributed by atoms with van der Waals surface area (Å²) in [6.45, 7) is 0.974. The molecule has 1 aliphatic rings. The van der Waals surface area contributed by atoms with Crippen LogP contribution in [0.4, 0.5) is 4.79 Å². The van der Waals surface area contributed by atoms with Gasteiger partial charge in [-0.15, -0.1) is 0 Å². The molecular weight excluding hydrogens is 232 g/mol. The van der Waals surface area contributed by atoms with Crippen molar-refractivity contribution in [1.29, 1.82) is 0 Å². The van der Waals surface area contributed by atoms with Crippen LogP contribution in [0.1, 0.15) is 18.0 Å². The van der Waals surface area contributed by atoms with Crippen molar-refractivity contribution in [1.82, 2.24) is 10.2 Å². The van der Waals surface area contributed by atoms with Crippen molar-refractivity contribution in [3.8, 4) is 0 Å². The number of carbonyl (C=O) groups excluding carboxylic acids is 2. The van der Waals surface area contributed by atoms with E-state index in [-0.39, 0.29) is 24.5 Å². The fourth-order valence-corrected chi connectivity index (χ4v) is 1.98. The standard InChI is InChI=1S/C13H16N2O3/c1-18-12(16)7-8-15-9-11(14-13(15)17)10-5-3-2-4-6-10/h2-6,11H,7-9H2,1H3,(H,14,17). The first-order valence-corrected chi connectivity index (χ1v) is 5.88. The number of benzene rings is 1. The van der Waals surface area contributed by atoms with Gasteiger partial charge in [-0.1, -0.05) is 30.3 Å². The molecule has 0 bridgehead atoms. The van der Waals surface area contributed by atoms with Crippen molar-refractivity contribution in [3.05, 3.63) is 35.9 Å². The first-order chi connectivity index (χ1) is 8.70. The van der Waals surface area contributed by atoms with Gasteiger partial charge in [0.2, 0.25) is 0 Å². The topological polar surface area (TPSA) is 58.6 Å². The van der Waals surface area contributed by atoms with Gasteiger partial charge in [-0.25, -0.2) is 4.79 Å². The van der Waals surface area contributed by atoms with Gasteiger partial charge in [-0.2, -0.15) is 0 Å². The van der Waals surface area contributed by atoms with Crippen LogP contribution in [0.3, 0.4) is 0 Å². The molecule has 0 spiro atoms. The van der Waals surface area contributed by atoms with Crippen LogP contribution in [0.5, 0.6) is 0 Å². The van der Waals surface area contributed by atoms with E-state index >= 15 is 0 Å². The highest BCUT2D eigenvalue weighted by molar-refractivity contribution is 5.78. The molecule has 0 aliphatic carbocycles. The van der Waals surface area contributed by atoms with Crippen molar-refractivity contribution in [2.75, 3.05) is 20.2 Å². The molecule has 1 N–H and O–H groups in total. The van der Waals surface area contributed by atoms with E-state index in [1.54, 1.807) is 4.90 Å².